The fraction of sp³-hybridized carbons (Fsp3) is 0.878. The molecule has 6 nitrogen and oxygen atoms in total. The minimum atomic E-state index is -1.01. The Balaban J connectivity index is 4.16. The van der Waals surface area contributed by atoms with Gasteiger partial charge in [-0.25, -0.2) is 0 Å². The molecule has 0 heterocycles. The van der Waals surface area contributed by atoms with Crippen molar-refractivity contribution < 1.29 is 24.2 Å². The van der Waals surface area contributed by atoms with Crippen LogP contribution in [0.15, 0.2) is 12.2 Å². The first kappa shape index (κ1) is 45.2. The minimum Gasteiger partial charge on any atom is -0.480 e. The maximum atomic E-state index is 12.7. The molecule has 1 amide bonds. The maximum absolute atomic E-state index is 12.7. The summed E-state index contributed by atoms with van der Waals surface area (Å²) >= 11 is 0. The zero-order valence-electron chi connectivity index (χ0n) is 31.1. The van der Waals surface area contributed by atoms with Gasteiger partial charge in [-0.1, -0.05) is 161 Å². The van der Waals surface area contributed by atoms with Crippen LogP contribution in [-0.4, -0.2) is 35.6 Å². The van der Waals surface area contributed by atoms with Crippen LogP contribution in [0.4, 0.5) is 0 Å². The molecule has 0 bridgehead atoms. The standard InChI is InChI=1S/C41H77NO5/c1-3-5-7-9-11-13-15-16-17-19-20-22-25-29-33-38(34-30-26-24-27-31-35-39(43)42-37-40(44)45)47-41(46)36-32-28-23-21-18-14-12-10-8-6-4-2/h10,12,38H,3-9,11,13-37H2,1-2H3,(H,42,43)(H,44,45)/b12-10-. The Kier molecular flexibility index (Phi) is 35.5. The van der Waals surface area contributed by atoms with E-state index in [9.17, 15) is 14.4 Å². The van der Waals surface area contributed by atoms with Gasteiger partial charge in [0, 0.05) is 12.8 Å². The average molecular weight is 664 g/mol. The lowest BCUT2D eigenvalue weighted by Gasteiger charge is -2.18. The van der Waals surface area contributed by atoms with Crippen LogP contribution in [0.25, 0.3) is 0 Å². The third-order valence-corrected chi connectivity index (χ3v) is 9.19. The highest BCUT2D eigenvalue weighted by molar-refractivity contribution is 5.80. The molecule has 0 radical (unpaired) electrons. The number of carboxylic acids is 1. The maximum Gasteiger partial charge on any atom is 0.322 e. The summed E-state index contributed by atoms with van der Waals surface area (Å²) in [7, 11) is 0. The Morgan fingerprint density at radius 3 is 1.43 bits per heavy atom. The normalized spacial score (nSPS) is 12.0. The third-order valence-electron chi connectivity index (χ3n) is 9.19. The van der Waals surface area contributed by atoms with Crippen molar-refractivity contribution in [3.63, 3.8) is 0 Å². The molecule has 47 heavy (non-hydrogen) atoms. The zero-order chi connectivity index (χ0) is 34.5. The van der Waals surface area contributed by atoms with Gasteiger partial charge in [0.05, 0.1) is 0 Å². The Morgan fingerprint density at radius 1 is 0.532 bits per heavy atom. The number of aliphatic carboxylic acids is 1. The Morgan fingerprint density at radius 2 is 0.936 bits per heavy atom. The molecule has 0 saturated heterocycles. The van der Waals surface area contributed by atoms with E-state index in [-0.39, 0.29) is 24.5 Å². The number of nitrogens with one attached hydrogen (secondary N) is 1. The van der Waals surface area contributed by atoms with Crippen molar-refractivity contribution in [3.05, 3.63) is 12.2 Å². The molecular weight excluding hydrogens is 586 g/mol. The molecule has 0 aromatic rings. The number of carbonyl (C=O) groups excluding carboxylic acids is 2. The second-order valence-corrected chi connectivity index (χ2v) is 13.9. The van der Waals surface area contributed by atoms with Gasteiger partial charge in [-0.15, -0.1) is 0 Å². The van der Waals surface area contributed by atoms with Gasteiger partial charge in [-0.05, 0) is 57.8 Å². The number of hydrogen-bond acceptors (Lipinski definition) is 4. The van der Waals surface area contributed by atoms with E-state index in [1.165, 1.54) is 128 Å². The molecular formula is C41H77NO5. The highest BCUT2D eigenvalue weighted by atomic mass is 16.5. The van der Waals surface area contributed by atoms with Gasteiger partial charge >= 0.3 is 11.9 Å². The zero-order valence-corrected chi connectivity index (χ0v) is 31.1. The summed E-state index contributed by atoms with van der Waals surface area (Å²) in [6.45, 7) is 4.20. The van der Waals surface area contributed by atoms with Crippen LogP contribution in [0.3, 0.4) is 0 Å². The molecule has 0 fully saturated rings. The summed E-state index contributed by atoms with van der Waals surface area (Å²) in [5, 5.41) is 11.1. The first-order valence-corrected chi connectivity index (χ1v) is 20.3. The first-order valence-electron chi connectivity index (χ1n) is 20.3. The van der Waals surface area contributed by atoms with Crippen molar-refractivity contribution in [2.45, 2.75) is 225 Å². The number of ether oxygens (including phenoxy) is 1. The minimum absolute atomic E-state index is 0.0217. The molecule has 0 aliphatic heterocycles. The van der Waals surface area contributed by atoms with Crippen molar-refractivity contribution >= 4 is 17.8 Å². The number of allylic oxidation sites excluding steroid dienone is 2. The largest absolute Gasteiger partial charge is 0.480 e. The third kappa shape index (κ3) is 36.8. The Labute approximate surface area is 291 Å². The first-order chi connectivity index (χ1) is 23.0. The van der Waals surface area contributed by atoms with Crippen LogP contribution in [0.2, 0.25) is 0 Å². The van der Waals surface area contributed by atoms with E-state index in [1.807, 2.05) is 0 Å². The molecule has 0 spiro atoms. The monoisotopic (exact) mass is 664 g/mol. The fourth-order valence-electron chi connectivity index (χ4n) is 6.14. The van der Waals surface area contributed by atoms with Gasteiger partial charge in [0.25, 0.3) is 0 Å². The number of carbonyl (C=O) groups is 3. The summed E-state index contributed by atoms with van der Waals surface area (Å²) in [5.74, 6) is -1.23. The number of carboxylic acid groups (broad SMARTS) is 1. The second kappa shape index (κ2) is 37.0. The second-order valence-electron chi connectivity index (χ2n) is 13.9. The smallest absolute Gasteiger partial charge is 0.322 e. The SMILES string of the molecule is CCCC/C=C\CCCCCCCC(=O)OC(CCCCCCCCCCCCCCCC)CCCCCCCC(=O)NCC(=O)O. The molecule has 0 aromatic heterocycles. The van der Waals surface area contributed by atoms with Crippen molar-refractivity contribution in [1.29, 1.82) is 0 Å². The lowest BCUT2D eigenvalue weighted by molar-refractivity contribution is -0.150. The molecule has 276 valence electrons. The Bertz CT molecular complexity index is 737. The van der Waals surface area contributed by atoms with E-state index >= 15 is 0 Å². The van der Waals surface area contributed by atoms with Crippen LogP contribution in [0, 0.1) is 0 Å². The molecule has 6 heteroatoms. The topological polar surface area (TPSA) is 92.7 Å². The van der Waals surface area contributed by atoms with Gasteiger partial charge in [0.1, 0.15) is 12.6 Å². The fourth-order valence-corrected chi connectivity index (χ4v) is 6.14. The van der Waals surface area contributed by atoms with E-state index in [0.717, 1.165) is 64.2 Å². The Hall–Kier alpha value is -1.85. The van der Waals surface area contributed by atoms with Crippen LogP contribution in [0.5, 0.6) is 0 Å². The summed E-state index contributed by atoms with van der Waals surface area (Å²) in [4.78, 5) is 34.9. The summed E-state index contributed by atoms with van der Waals surface area (Å²) in [6.07, 6.45) is 41.9. The van der Waals surface area contributed by atoms with E-state index in [1.54, 1.807) is 0 Å². The number of unbranched alkanes of at least 4 members (excludes halogenated alkanes) is 24. The predicted molar refractivity (Wildman–Crippen MR) is 199 cm³/mol. The summed E-state index contributed by atoms with van der Waals surface area (Å²) in [5.41, 5.74) is 0. The molecule has 2 N–H and O–H groups in total. The lowest BCUT2D eigenvalue weighted by Crippen LogP contribution is -2.28. The van der Waals surface area contributed by atoms with Crippen molar-refractivity contribution in [2.24, 2.45) is 0 Å². The lowest BCUT2D eigenvalue weighted by atomic mass is 10.0. The summed E-state index contributed by atoms with van der Waals surface area (Å²) < 4.78 is 6.01. The number of hydrogen-bond donors (Lipinski definition) is 2. The number of amides is 1. The molecule has 0 rings (SSSR count). The van der Waals surface area contributed by atoms with Crippen LogP contribution >= 0.6 is 0 Å². The summed E-state index contributed by atoms with van der Waals surface area (Å²) in [6, 6.07) is 0. The van der Waals surface area contributed by atoms with E-state index < -0.39 is 5.97 Å². The predicted octanol–water partition coefficient (Wildman–Crippen LogP) is 12.2. The molecule has 1 atom stereocenters. The number of rotatable bonds is 37. The molecule has 0 saturated carbocycles. The van der Waals surface area contributed by atoms with Crippen molar-refractivity contribution in [2.75, 3.05) is 6.54 Å². The van der Waals surface area contributed by atoms with Gasteiger partial charge < -0.3 is 15.2 Å². The number of esters is 1. The molecule has 1 unspecified atom stereocenters. The average Bonchev–Trinajstić information content (AvgIpc) is 3.05. The van der Waals surface area contributed by atoms with E-state index in [4.69, 9.17) is 9.84 Å². The van der Waals surface area contributed by atoms with Crippen LogP contribution < -0.4 is 5.32 Å². The quantitative estimate of drug-likeness (QED) is 0.0392. The molecule has 0 aromatic carbocycles. The van der Waals surface area contributed by atoms with E-state index in [0.29, 0.717) is 12.8 Å². The highest BCUT2D eigenvalue weighted by Gasteiger charge is 2.14. The van der Waals surface area contributed by atoms with Crippen molar-refractivity contribution in [1.82, 2.24) is 5.32 Å². The molecule has 0 aliphatic rings. The van der Waals surface area contributed by atoms with Gasteiger partial charge in [-0.2, -0.15) is 0 Å². The van der Waals surface area contributed by atoms with Crippen LogP contribution in [0.1, 0.15) is 219 Å². The van der Waals surface area contributed by atoms with E-state index in [2.05, 4.69) is 31.3 Å². The van der Waals surface area contributed by atoms with Gasteiger partial charge in [0.2, 0.25) is 5.91 Å². The van der Waals surface area contributed by atoms with Gasteiger partial charge in [-0.3, -0.25) is 14.4 Å². The van der Waals surface area contributed by atoms with Crippen LogP contribution in [-0.2, 0) is 19.1 Å². The van der Waals surface area contributed by atoms with Crippen molar-refractivity contribution in [3.8, 4) is 0 Å². The van der Waals surface area contributed by atoms with Gasteiger partial charge in [0.15, 0.2) is 0 Å². The highest BCUT2D eigenvalue weighted by Crippen LogP contribution is 2.19. The molecule has 0 aliphatic carbocycles.